The summed E-state index contributed by atoms with van der Waals surface area (Å²) < 4.78 is 1.64. The first-order valence-corrected chi connectivity index (χ1v) is 5.55. The number of hydrogen-bond acceptors (Lipinski definition) is 4. The van der Waals surface area contributed by atoms with E-state index in [4.69, 9.17) is 5.11 Å². The highest BCUT2D eigenvalue weighted by Gasteiger charge is 2.27. The molecule has 0 saturated carbocycles. The second-order valence-corrected chi connectivity index (χ2v) is 3.98. The van der Waals surface area contributed by atoms with Crippen LogP contribution in [0.3, 0.4) is 0 Å². The standard InChI is InChI=1S/C10H16N4O2/c15-8-9-2-1-5-14(9)10(16)3-6-13-7-4-11-12-13/h4,7,9,15H,1-3,5-6,8H2/t9-/m0/s1. The average molecular weight is 224 g/mol. The zero-order valence-electron chi connectivity index (χ0n) is 9.12. The first kappa shape index (κ1) is 11.1. The van der Waals surface area contributed by atoms with Crippen LogP contribution in [0.2, 0.25) is 0 Å². The number of aliphatic hydroxyl groups is 1. The lowest BCUT2D eigenvalue weighted by molar-refractivity contribution is -0.133. The van der Waals surface area contributed by atoms with Gasteiger partial charge >= 0.3 is 0 Å². The molecule has 88 valence electrons. The van der Waals surface area contributed by atoms with Crippen LogP contribution in [-0.2, 0) is 11.3 Å². The molecule has 1 atom stereocenters. The van der Waals surface area contributed by atoms with Crippen molar-refractivity contribution in [2.24, 2.45) is 0 Å². The molecule has 1 amide bonds. The van der Waals surface area contributed by atoms with Crippen molar-refractivity contribution in [2.75, 3.05) is 13.2 Å². The van der Waals surface area contributed by atoms with Crippen LogP contribution in [0.1, 0.15) is 19.3 Å². The summed E-state index contributed by atoms with van der Waals surface area (Å²) in [5, 5.41) is 16.6. The van der Waals surface area contributed by atoms with E-state index in [1.807, 2.05) is 0 Å². The number of likely N-dealkylation sites (tertiary alicyclic amines) is 1. The van der Waals surface area contributed by atoms with Gasteiger partial charge in [-0.2, -0.15) is 0 Å². The largest absolute Gasteiger partial charge is 0.394 e. The quantitative estimate of drug-likeness (QED) is 0.759. The van der Waals surface area contributed by atoms with E-state index in [0.717, 1.165) is 19.4 Å². The maximum absolute atomic E-state index is 11.9. The van der Waals surface area contributed by atoms with Gasteiger partial charge < -0.3 is 10.0 Å². The highest BCUT2D eigenvalue weighted by Crippen LogP contribution is 2.17. The maximum atomic E-state index is 11.9. The minimum absolute atomic E-state index is 0.0169. The molecule has 0 spiro atoms. The molecule has 0 unspecified atom stereocenters. The van der Waals surface area contributed by atoms with Crippen molar-refractivity contribution in [1.82, 2.24) is 19.9 Å². The van der Waals surface area contributed by atoms with E-state index in [2.05, 4.69) is 10.3 Å². The third kappa shape index (κ3) is 2.38. The van der Waals surface area contributed by atoms with Gasteiger partial charge in [-0.3, -0.25) is 9.48 Å². The topological polar surface area (TPSA) is 71.2 Å². The molecule has 0 aliphatic carbocycles. The number of hydrogen-bond donors (Lipinski definition) is 1. The Morgan fingerprint density at radius 2 is 2.44 bits per heavy atom. The monoisotopic (exact) mass is 224 g/mol. The van der Waals surface area contributed by atoms with Crippen LogP contribution < -0.4 is 0 Å². The molecular weight excluding hydrogens is 208 g/mol. The van der Waals surface area contributed by atoms with Crippen LogP contribution in [0.15, 0.2) is 12.4 Å². The summed E-state index contributed by atoms with van der Waals surface area (Å²) >= 11 is 0. The second kappa shape index (κ2) is 5.07. The van der Waals surface area contributed by atoms with Gasteiger partial charge in [-0.15, -0.1) is 5.10 Å². The van der Waals surface area contributed by atoms with Crippen LogP contribution in [0.4, 0.5) is 0 Å². The van der Waals surface area contributed by atoms with Crippen molar-refractivity contribution in [3.63, 3.8) is 0 Å². The lowest BCUT2D eigenvalue weighted by atomic mass is 10.2. The second-order valence-electron chi connectivity index (χ2n) is 3.98. The first-order chi connectivity index (χ1) is 7.81. The Kier molecular flexibility index (Phi) is 3.51. The molecule has 1 aliphatic rings. The molecule has 0 aromatic carbocycles. The fourth-order valence-electron chi connectivity index (χ4n) is 2.06. The minimum Gasteiger partial charge on any atom is -0.394 e. The van der Waals surface area contributed by atoms with Crippen LogP contribution in [0.5, 0.6) is 0 Å². The van der Waals surface area contributed by atoms with Crippen molar-refractivity contribution in [2.45, 2.75) is 31.8 Å². The number of nitrogens with zero attached hydrogens (tertiary/aromatic N) is 4. The Morgan fingerprint density at radius 1 is 1.56 bits per heavy atom. The van der Waals surface area contributed by atoms with E-state index in [9.17, 15) is 4.79 Å². The van der Waals surface area contributed by atoms with Crippen molar-refractivity contribution in [3.8, 4) is 0 Å². The molecule has 1 N–H and O–H groups in total. The Labute approximate surface area is 93.9 Å². The number of amides is 1. The Hall–Kier alpha value is -1.43. The molecular formula is C10H16N4O2. The van der Waals surface area contributed by atoms with Crippen LogP contribution in [-0.4, -0.2) is 50.1 Å². The van der Waals surface area contributed by atoms with E-state index in [0.29, 0.717) is 13.0 Å². The SMILES string of the molecule is O=C(CCn1ccnn1)N1CCC[C@H]1CO. The van der Waals surface area contributed by atoms with Crippen molar-refractivity contribution in [1.29, 1.82) is 0 Å². The summed E-state index contributed by atoms with van der Waals surface area (Å²) in [6.45, 7) is 1.38. The zero-order valence-corrected chi connectivity index (χ0v) is 9.12. The van der Waals surface area contributed by atoms with E-state index >= 15 is 0 Å². The van der Waals surface area contributed by atoms with E-state index in [-0.39, 0.29) is 18.6 Å². The predicted octanol–water partition coefficient (Wildman–Crippen LogP) is -0.349. The smallest absolute Gasteiger partial charge is 0.224 e. The van der Waals surface area contributed by atoms with Gasteiger partial charge in [0.25, 0.3) is 0 Å². The van der Waals surface area contributed by atoms with Crippen molar-refractivity contribution >= 4 is 5.91 Å². The van der Waals surface area contributed by atoms with Gasteiger partial charge in [-0.1, -0.05) is 5.21 Å². The third-order valence-corrected chi connectivity index (χ3v) is 2.93. The molecule has 0 radical (unpaired) electrons. The lowest BCUT2D eigenvalue weighted by Crippen LogP contribution is -2.38. The van der Waals surface area contributed by atoms with Crippen LogP contribution >= 0.6 is 0 Å². The summed E-state index contributed by atoms with van der Waals surface area (Å²) in [4.78, 5) is 13.6. The van der Waals surface area contributed by atoms with Gasteiger partial charge in [-0.05, 0) is 12.8 Å². The zero-order chi connectivity index (χ0) is 11.4. The molecule has 16 heavy (non-hydrogen) atoms. The summed E-state index contributed by atoms with van der Waals surface area (Å²) in [5.74, 6) is 0.0899. The molecule has 6 nitrogen and oxygen atoms in total. The van der Waals surface area contributed by atoms with Crippen molar-refractivity contribution < 1.29 is 9.90 Å². The molecule has 2 rings (SSSR count). The molecule has 1 aromatic rings. The van der Waals surface area contributed by atoms with E-state index in [1.165, 1.54) is 0 Å². The summed E-state index contributed by atoms with van der Waals surface area (Å²) in [6, 6.07) is 0.0169. The lowest BCUT2D eigenvalue weighted by Gasteiger charge is -2.22. The number of rotatable bonds is 4. The average Bonchev–Trinajstić information content (AvgIpc) is 2.96. The van der Waals surface area contributed by atoms with Gasteiger partial charge in [-0.25, -0.2) is 0 Å². The normalized spacial score (nSPS) is 20.3. The van der Waals surface area contributed by atoms with Gasteiger partial charge in [0, 0.05) is 19.2 Å². The minimum atomic E-state index is 0.0169. The van der Waals surface area contributed by atoms with Crippen LogP contribution in [0.25, 0.3) is 0 Å². The molecule has 6 heteroatoms. The van der Waals surface area contributed by atoms with E-state index in [1.54, 1.807) is 22.0 Å². The molecule has 2 heterocycles. The predicted molar refractivity (Wildman–Crippen MR) is 56.5 cm³/mol. The maximum Gasteiger partial charge on any atom is 0.224 e. The van der Waals surface area contributed by atoms with E-state index < -0.39 is 0 Å². The number of aliphatic hydroxyl groups excluding tert-OH is 1. The molecule has 0 bridgehead atoms. The fourth-order valence-corrected chi connectivity index (χ4v) is 2.06. The fraction of sp³-hybridized carbons (Fsp3) is 0.700. The molecule has 1 fully saturated rings. The summed E-state index contributed by atoms with van der Waals surface area (Å²) in [5.41, 5.74) is 0. The summed E-state index contributed by atoms with van der Waals surface area (Å²) in [6.07, 6.45) is 5.64. The van der Waals surface area contributed by atoms with Gasteiger partial charge in [0.15, 0.2) is 0 Å². The van der Waals surface area contributed by atoms with Gasteiger partial charge in [0.2, 0.25) is 5.91 Å². The number of aryl methyl sites for hydroxylation is 1. The van der Waals surface area contributed by atoms with Crippen LogP contribution in [0, 0.1) is 0 Å². The highest BCUT2D eigenvalue weighted by molar-refractivity contribution is 5.76. The number of carbonyl (C=O) groups excluding carboxylic acids is 1. The Morgan fingerprint density at radius 3 is 3.12 bits per heavy atom. The molecule has 1 aliphatic heterocycles. The third-order valence-electron chi connectivity index (χ3n) is 2.93. The number of carbonyl (C=O) groups is 1. The Balaban J connectivity index is 1.83. The number of aromatic nitrogens is 3. The highest BCUT2D eigenvalue weighted by atomic mass is 16.3. The molecule has 1 saturated heterocycles. The van der Waals surface area contributed by atoms with Crippen molar-refractivity contribution in [3.05, 3.63) is 12.4 Å². The van der Waals surface area contributed by atoms with Gasteiger partial charge in [0.1, 0.15) is 0 Å². The Bertz CT molecular complexity index is 339. The summed E-state index contributed by atoms with van der Waals surface area (Å²) in [7, 11) is 0. The molecule has 1 aromatic heterocycles. The van der Waals surface area contributed by atoms with Gasteiger partial charge in [0.05, 0.1) is 25.4 Å². The first-order valence-electron chi connectivity index (χ1n) is 5.55.